The molecule has 0 bridgehead atoms. The van der Waals surface area contributed by atoms with Crippen LogP contribution in [0, 0.1) is 5.82 Å². The normalized spacial score (nSPS) is 22.9. The third kappa shape index (κ3) is 4.08. The number of benzene rings is 1. The highest BCUT2D eigenvalue weighted by Crippen LogP contribution is 2.21. The first-order valence-electron chi connectivity index (χ1n) is 6.25. The van der Waals surface area contributed by atoms with Crippen LogP contribution in [-0.4, -0.2) is 23.3 Å². The number of rotatable bonds is 2. The number of anilines is 1. The van der Waals surface area contributed by atoms with E-state index in [4.69, 9.17) is 11.6 Å². The number of amides is 2. The summed E-state index contributed by atoms with van der Waals surface area (Å²) in [5.74, 6) is -0.529. The predicted molar refractivity (Wildman–Crippen MR) is 71.8 cm³/mol. The van der Waals surface area contributed by atoms with Crippen LogP contribution in [0.3, 0.4) is 0 Å². The number of hydrogen-bond acceptors (Lipinski definition) is 2. The minimum absolute atomic E-state index is 0.0191. The van der Waals surface area contributed by atoms with Gasteiger partial charge in [-0.3, -0.25) is 0 Å². The van der Waals surface area contributed by atoms with Gasteiger partial charge in [-0.25, -0.2) is 9.18 Å². The lowest BCUT2D eigenvalue weighted by molar-refractivity contribution is 0.118. The maximum atomic E-state index is 13.4. The fourth-order valence-corrected chi connectivity index (χ4v) is 2.33. The molecule has 4 nitrogen and oxygen atoms in total. The van der Waals surface area contributed by atoms with E-state index in [0.29, 0.717) is 17.9 Å². The van der Waals surface area contributed by atoms with E-state index in [1.807, 2.05) is 0 Å². The number of nitrogens with one attached hydrogen (secondary N) is 2. The molecular weight excluding hydrogens is 271 g/mol. The van der Waals surface area contributed by atoms with Crippen molar-refractivity contribution < 1.29 is 14.3 Å². The Labute approximate surface area is 116 Å². The van der Waals surface area contributed by atoms with Crippen molar-refractivity contribution in [2.45, 2.75) is 37.8 Å². The van der Waals surface area contributed by atoms with Crippen LogP contribution < -0.4 is 10.6 Å². The fraction of sp³-hybridized carbons (Fsp3) is 0.462. The predicted octanol–water partition coefficient (Wildman–Crippen LogP) is 2.90. The quantitative estimate of drug-likeness (QED) is 0.783. The topological polar surface area (TPSA) is 61.4 Å². The van der Waals surface area contributed by atoms with E-state index in [2.05, 4.69) is 10.6 Å². The lowest BCUT2D eigenvalue weighted by atomic mass is 9.93. The van der Waals surface area contributed by atoms with Gasteiger partial charge in [0.25, 0.3) is 0 Å². The molecule has 2 rings (SSSR count). The van der Waals surface area contributed by atoms with Crippen molar-refractivity contribution in [1.29, 1.82) is 0 Å². The molecule has 104 valence electrons. The molecule has 0 spiro atoms. The van der Waals surface area contributed by atoms with Gasteiger partial charge in [0.1, 0.15) is 5.82 Å². The number of carbonyl (C=O) groups excluding carboxylic acids is 1. The molecule has 0 atom stereocenters. The zero-order chi connectivity index (χ0) is 13.8. The van der Waals surface area contributed by atoms with Crippen LogP contribution in [0.1, 0.15) is 25.7 Å². The Morgan fingerprint density at radius 1 is 1.32 bits per heavy atom. The molecule has 0 unspecified atom stereocenters. The standard InChI is InChI=1S/C13H16ClFN2O2/c14-8-1-6-11(15)12(7-8)17-13(19)16-9-2-4-10(18)5-3-9/h1,6-7,9-10,18H,2-5H2,(H2,16,17,19). The molecule has 19 heavy (non-hydrogen) atoms. The summed E-state index contributed by atoms with van der Waals surface area (Å²) in [5.41, 5.74) is 0.0563. The Balaban J connectivity index is 1.89. The molecule has 1 aromatic rings. The maximum Gasteiger partial charge on any atom is 0.319 e. The van der Waals surface area contributed by atoms with Crippen LogP contribution in [0.5, 0.6) is 0 Å². The lowest BCUT2D eigenvalue weighted by Gasteiger charge is -2.26. The van der Waals surface area contributed by atoms with Gasteiger partial charge >= 0.3 is 6.03 Å². The van der Waals surface area contributed by atoms with Crippen LogP contribution in [0.15, 0.2) is 18.2 Å². The molecule has 1 saturated carbocycles. The summed E-state index contributed by atoms with van der Waals surface area (Å²) in [4.78, 5) is 11.7. The zero-order valence-corrected chi connectivity index (χ0v) is 11.1. The highest BCUT2D eigenvalue weighted by Gasteiger charge is 2.21. The highest BCUT2D eigenvalue weighted by atomic mass is 35.5. The number of urea groups is 1. The molecule has 1 fully saturated rings. The Bertz CT molecular complexity index is 462. The second-order valence-corrected chi connectivity index (χ2v) is 5.16. The summed E-state index contributed by atoms with van der Waals surface area (Å²) >= 11 is 5.74. The summed E-state index contributed by atoms with van der Waals surface area (Å²) in [7, 11) is 0. The van der Waals surface area contributed by atoms with E-state index in [1.165, 1.54) is 18.2 Å². The van der Waals surface area contributed by atoms with Crippen molar-refractivity contribution in [2.24, 2.45) is 0 Å². The summed E-state index contributed by atoms with van der Waals surface area (Å²) in [6.07, 6.45) is 2.54. The van der Waals surface area contributed by atoms with E-state index in [1.54, 1.807) is 0 Å². The van der Waals surface area contributed by atoms with E-state index in [-0.39, 0.29) is 17.8 Å². The number of aliphatic hydroxyl groups excluding tert-OH is 1. The number of hydrogen-bond donors (Lipinski definition) is 3. The second kappa shape index (κ2) is 6.21. The molecule has 1 aliphatic carbocycles. The average Bonchev–Trinajstić information content (AvgIpc) is 2.37. The average molecular weight is 287 g/mol. The van der Waals surface area contributed by atoms with Crippen LogP contribution in [0.25, 0.3) is 0 Å². The summed E-state index contributed by atoms with van der Waals surface area (Å²) in [6.45, 7) is 0. The van der Waals surface area contributed by atoms with Gasteiger partial charge in [-0.15, -0.1) is 0 Å². The van der Waals surface area contributed by atoms with Gasteiger partial charge < -0.3 is 15.7 Å². The van der Waals surface area contributed by atoms with E-state index in [0.717, 1.165) is 12.8 Å². The third-order valence-electron chi connectivity index (χ3n) is 3.21. The fourth-order valence-electron chi connectivity index (χ4n) is 2.16. The minimum Gasteiger partial charge on any atom is -0.393 e. The van der Waals surface area contributed by atoms with Crippen molar-refractivity contribution in [3.63, 3.8) is 0 Å². The molecule has 1 aliphatic rings. The Morgan fingerprint density at radius 2 is 2.00 bits per heavy atom. The van der Waals surface area contributed by atoms with Crippen molar-refractivity contribution in [3.8, 4) is 0 Å². The molecule has 0 aliphatic heterocycles. The lowest BCUT2D eigenvalue weighted by Crippen LogP contribution is -2.41. The van der Waals surface area contributed by atoms with Crippen LogP contribution >= 0.6 is 11.6 Å². The van der Waals surface area contributed by atoms with Gasteiger partial charge in [-0.2, -0.15) is 0 Å². The third-order valence-corrected chi connectivity index (χ3v) is 3.44. The molecule has 0 saturated heterocycles. The summed E-state index contributed by atoms with van der Waals surface area (Å²) in [6, 6.07) is 3.55. The Kier molecular flexibility index (Phi) is 4.61. The van der Waals surface area contributed by atoms with Gasteiger partial charge in [-0.05, 0) is 43.9 Å². The smallest absolute Gasteiger partial charge is 0.319 e. The van der Waals surface area contributed by atoms with Crippen molar-refractivity contribution in [1.82, 2.24) is 5.32 Å². The van der Waals surface area contributed by atoms with Crippen molar-refractivity contribution >= 4 is 23.3 Å². The monoisotopic (exact) mass is 286 g/mol. The second-order valence-electron chi connectivity index (χ2n) is 4.73. The van der Waals surface area contributed by atoms with Gasteiger partial charge in [0.05, 0.1) is 11.8 Å². The first-order valence-corrected chi connectivity index (χ1v) is 6.63. The number of halogens is 2. The highest BCUT2D eigenvalue weighted by molar-refractivity contribution is 6.30. The van der Waals surface area contributed by atoms with Crippen molar-refractivity contribution in [2.75, 3.05) is 5.32 Å². The van der Waals surface area contributed by atoms with E-state index in [9.17, 15) is 14.3 Å². The molecule has 1 aromatic carbocycles. The van der Waals surface area contributed by atoms with Gasteiger partial charge in [0.15, 0.2) is 0 Å². The molecule has 0 heterocycles. The summed E-state index contributed by atoms with van der Waals surface area (Å²) in [5, 5.41) is 14.9. The van der Waals surface area contributed by atoms with E-state index >= 15 is 0 Å². The first kappa shape index (κ1) is 14.1. The Morgan fingerprint density at radius 3 is 2.68 bits per heavy atom. The van der Waals surface area contributed by atoms with Gasteiger partial charge in [0.2, 0.25) is 0 Å². The molecule has 6 heteroatoms. The molecular formula is C13H16ClFN2O2. The molecule has 3 N–H and O–H groups in total. The molecule has 0 radical (unpaired) electrons. The molecule has 0 aromatic heterocycles. The van der Waals surface area contributed by atoms with Gasteiger partial charge in [0, 0.05) is 11.1 Å². The first-order chi connectivity index (χ1) is 9.04. The van der Waals surface area contributed by atoms with E-state index < -0.39 is 11.8 Å². The minimum atomic E-state index is -0.529. The molecule has 2 amide bonds. The van der Waals surface area contributed by atoms with Crippen LogP contribution in [-0.2, 0) is 0 Å². The van der Waals surface area contributed by atoms with Gasteiger partial charge in [-0.1, -0.05) is 11.6 Å². The number of carbonyl (C=O) groups is 1. The van der Waals surface area contributed by atoms with Crippen LogP contribution in [0.2, 0.25) is 5.02 Å². The number of aliphatic hydroxyl groups is 1. The Hall–Kier alpha value is -1.33. The largest absolute Gasteiger partial charge is 0.393 e. The zero-order valence-electron chi connectivity index (χ0n) is 10.3. The maximum absolute atomic E-state index is 13.4. The summed E-state index contributed by atoms with van der Waals surface area (Å²) < 4.78 is 13.4. The van der Waals surface area contributed by atoms with Crippen molar-refractivity contribution in [3.05, 3.63) is 29.0 Å². The van der Waals surface area contributed by atoms with Crippen LogP contribution in [0.4, 0.5) is 14.9 Å². The SMILES string of the molecule is O=C(Nc1cc(Cl)ccc1F)NC1CCC(O)CC1.